The van der Waals surface area contributed by atoms with E-state index in [-0.39, 0.29) is 5.92 Å². The summed E-state index contributed by atoms with van der Waals surface area (Å²) in [5.74, 6) is 0.382. The Morgan fingerprint density at radius 3 is 2.63 bits per heavy atom. The summed E-state index contributed by atoms with van der Waals surface area (Å²) in [6, 6.07) is 5.50. The summed E-state index contributed by atoms with van der Waals surface area (Å²) in [4.78, 5) is 17.9. The Balaban J connectivity index is 1.62. The van der Waals surface area contributed by atoms with E-state index in [2.05, 4.69) is 15.5 Å². The second-order valence-corrected chi connectivity index (χ2v) is 7.36. The first-order chi connectivity index (χ1) is 14.2. The molecule has 0 spiro atoms. The van der Waals surface area contributed by atoms with Crippen LogP contribution in [0.3, 0.4) is 0 Å². The third-order valence-corrected chi connectivity index (χ3v) is 5.21. The molecule has 0 radical (unpaired) electrons. The van der Waals surface area contributed by atoms with E-state index in [1.54, 1.807) is 14.0 Å². The second-order valence-electron chi connectivity index (χ2n) is 7.36. The topological polar surface area (TPSA) is 95.1 Å². The number of anilines is 1. The molecule has 0 unspecified atom stereocenters. The lowest BCUT2D eigenvalue weighted by molar-refractivity contribution is -0.149. The molecule has 3 rings (SSSR count). The largest absolute Gasteiger partial charge is 0.389 e. The first-order valence-electron chi connectivity index (χ1n) is 9.73. The van der Waals surface area contributed by atoms with Gasteiger partial charge in [-0.1, -0.05) is 17.3 Å². The van der Waals surface area contributed by atoms with E-state index in [1.807, 2.05) is 18.2 Å². The number of nitrogens with zero attached hydrogens (tertiary/aromatic N) is 3. The molecule has 2 heterocycles. The Kier molecular flexibility index (Phi) is 6.42. The van der Waals surface area contributed by atoms with Crippen molar-refractivity contribution >= 4 is 17.3 Å². The van der Waals surface area contributed by atoms with Gasteiger partial charge in [-0.25, -0.2) is 0 Å². The van der Waals surface area contributed by atoms with Crippen LogP contribution >= 0.6 is 0 Å². The Morgan fingerprint density at radius 1 is 1.33 bits per heavy atom. The number of benzene rings is 1. The molecule has 1 aliphatic heterocycles. The van der Waals surface area contributed by atoms with Gasteiger partial charge in [0.25, 0.3) is 0 Å². The number of aromatic nitrogens is 2. The average Bonchev–Trinajstić information content (AvgIpc) is 3.21. The number of carbonyl (C=O) groups is 1. The van der Waals surface area contributed by atoms with Crippen molar-refractivity contribution in [3.63, 3.8) is 0 Å². The quantitative estimate of drug-likeness (QED) is 0.679. The molecule has 162 valence electrons. The highest BCUT2D eigenvalue weighted by atomic mass is 19.4. The minimum Gasteiger partial charge on any atom is -0.388 e. The maximum Gasteiger partial charge on any atom is 0.389 e. The lowest BCUT2D eigenvalue weighted by Crippen LogP contribution is -2.38. The van der Waals surface area contributed by atoms with Crippen molar-refractivity contribution in [2.45, 2.75) is 44.7 Å². The number of hydrogen-bond donors (Lipinski definition) is 2. The molecular formula is C20H24F3N5O2. The van der Waals surface area contributed by atoms with Crippen LogP contribution in [0.4, 0.5) is 18.9 Å². The van der Waals surface area contributed by atoms with Gasteiger partial charge in [-0.2, -0.15) is 18.2 Å². The molecule has 1 aliphatic rings. The van der Waals surface area contributed by atoms with Gasteiger partial charge in [-0.05, 0) is 25.8 Å². The molecule has 30 heavy (non-hydrogen) atoms. The predicted octanol–water partition coefficient (Wildman–Crippen LogP) is 4.21. The number of alkyl halides is 3. The standard InChI is InChI=1S/C20H24F3N5O2/c1-12(24)15-4-3-14(11-16(15)25-2)18-26-19(30-27-18)13-6-9-28(10-7-13)17(29)5-8-20(21,22)23/h3-4,11,13,24-25H,5-10H2,1-2H3. The normalized spacial score (nSPS) is 15.3. The molecule has 1 aromatic carbocycles. The summed E-state index contributed by atoms with van der Waals surface area (Å²) in [7, 11) is 1.77. The van der Waals surface area contributed by atoms with Crippen molar-refractivity contribution < 1.29 is 22.5 Å². The molecule has 2 aromatic rings. The first-order valence-corrected chi connectivity index (χ1v) is 9.73. The van der Waals surface area contributed by atoms with Gasteiger partial charge in [0.15, 0.2) is 0 Å². The molecule has 1 fully saturated rings. The van der Waals surface area contributed by atoms with Crippen molar-refractivity contribution in [1.29, 1.82) is 5.41 Å². The van der Waals surface area contributed by atoms with E-state index in [1.165, 1.54) is 4.90 Å². The van der Waals surface area contributed by atoms with Gasteiger partial charge in [0, 0.05) is 55.0 Å². The van der Waals surface area contributed by atoms with Gasteiger partial charge in [0.1, 0.15) is 0 Å². The molecule has 1 amide bonds. The van der Waals surface area contributed by atoms with Crippen molar-refractivity contribution in [3.05, 3.63) is 29.7 Å². The lowest BCUT2D eigenvalue weighted by atomic mass is 9.96. The molecule has 0 saturated carbocycles. The summed E-state index contributed by atoms with van der Waals surface area (Å²) in [5, 5.41) is 14.9. The number of carbonyl (C=O) groups excluding carboxylic acids is 1. The number of amides is 1. The maximum atomic E-state index is 12.3. The molecule has 2 N–H and O–H groups in total. The van der Waals surface area contributed by atoms with E-state index in [0.717, 1.165) is 16.8 Å². The van der Waals surface area contributed by atoms with Crippen LogP contribution in [0.1, 0.15) is 50.0 Å². The Bertz CT molecular complexity index is 917. The monoisotopic (exact) mass is 423 g/mol. The zero-order valence-corrected chi connectivity index (χ0v) is 16.8. The number of likely N-dealkylation sites (tertiary alicyclic amines) is 1. The van der Waals surface area contributed by atoms with Gasteiger partial charge < -0.3 is 20.1 Å². The fraction of sp³-hybridized carbons (Fsp3) is 0.500. The van der Waals surface area contributed by atoms with Crippen LogP contribution in [0.2, 0.25) is 0 Å². The fourth-order valence-electron chi connectivity index (χ4n) is 3.52. The Morgan fingerprint density at radius 2 is 2.03 bits per heavy atom. The second kappa shape index (κ2) is 8.85. The highest BCUT2D eigenvalue weighted by Gasteiger charge is 2.31. The maximum absolute atomic E-state index is 12.3. The molecule has 0 aliphatic carbocycles. The molecule has 7 nitrogen and oxygen atoms in total. The number of hydrogen-bond acceptors (Lipinski definition) is 6. The van der Waals surface area contributed by atoms with Crippen LogP contribution in [-0.2, 0) is 4.79 Å². The summed E-state index contributed by atoms with van der Waals surface area (Å²) < 4.78 is 42.3. The van der Waals surface area contributed by atoms with Crippen molar-refractivity contribution in [3.8, 4) is 11.4 Å². The lowest BCUT2D eigenvalue weighted by Gasteiger charge is -2.30. The summed E-state index contributed by atoms with van der Waals surface area (Å²) in [5.41, 5.74) is 2.76. The summed E-state index contributed by atoms with van der Waals surface area (Å²) in [6.45, 7) is 2.45. The van der Waals surface area contributed by atoms with Crippen LogP contribution < -0.4 is 5.32 Å². The first kappa shape index (κ1) is 21.8. The molecule has 1 saturated heterocycles. The number of piperidine rings is 1. The minimum atomic E-state index is -4.32. The van der Waals surface area contributed by atoms with Gasteiger partial charge in [0.2, 0.25) is 17.6 Å². The molecule has 10 heteroatoms. The zero-order chi connectivity index (χ0) is 21.9. The number of nitrogens with one attached hydrogen (secondary N) is 2. The Labute approximate surface area is 172 Å². The SMILES string of the molecule is CNc1cc(-c2noc(C3CCN(C(=O)CCC(F)(F)F)CC3)n2)ccc1C(C)=N. The smallest absolute Gasteiger partial charge is 0.388 e. The highest BCUT2D eigenvalue weighted by molar-refractivity contribution is 6.02. The van der Waals surface area contributed by atoms with Gasteiger partial charge >= 0.3 is 6.18 Å². The van der Waals surface area contributed by atoms with Gasteiger partial charge in [0.05, 0.1) is 6.42 Å². The van der Waals surface area contributed by atoms with E-state index in [9.17, 15) is 18.0 Å². The van der Waals surface area contributed by atoms with E-state index >= 15 is 0 Å². The fourth-order valence-corrected chi connectivity index (χ4v) is 3.52. The van der Waals surface area contributed by atoms with E-state index < -0.39 is 24.9 Å². The molecular weight excluding hydrogens is 399 g/mol. The highest BCUT2D eigenvalue weighted by Crippen LogP contribution is 2.30. The van der Waals surface area contributed by atoms with Crippen molar-refractivity contribution in [1.82, 2.24) is 15.0 Å². The summed E-state index contributed by atoms with van der Waals surface area (Å²) >= 11 is 0. The van der Waals surface area contributed by atoms with E-state index in [4.69, 9.17) is 9.93 Å². The predicted molar refractivity (Wildman–Crippen MR) is 106 cm³/mol. The van der Waals surface area contributed by atoms with Crippen LogP contribution in [0, 0.1) is 5.41 Å². The van der Waals surface area contributed by atoms with Gasteiger partial charge in [-0.15, -0.1) is 0 Å². The number of halogens is 3. The van der Waals surface area contributed by atoms with Gasteiger partial charge in [-0.3, -0.25) is 4.79 Å². The third kappa shape index (κ3) is 5.17. The third-order valence-electron chi connectivity index (χ3n) is 5.21. The minimum absolute atomic E-state index is 0.0372. The number of rotatable bonds is 6. The average molecular weight is 423 g/mol. The van der Waals surface area contributed by atoms with Crippen LogP contribution in [0.25, 0.3) is 11.4 Å². The molecule has 1 aromatic heterocycles. The molecule has 0 atom stereocenters. The van der Waals surface area contributed by atoms with Crippen LogP contribution in [-0.4, -0.2) is 53.0 Å². The molecule has 0 bridgehead atoms. The van der Waals surface area contributed by atoms with Crippen molar-refractivity contribution in [2.24, 2.45) is 0 Å². The van der Waals surface area contributed by atoms with Crippen molar-refractivity contribution in [2.75, 3.05) is 25.5 Å². The Hall–Kier alpha value is -2.91. The van der Waals surface area contributed by atoms with Crippen LogP contribution in [0.15, 0.2) is 22.7 Å². The van der Waals surface area contributed by atoms with Crippen LogP contribution in [0.5, 0.6) is 0 Å². The zero-order valence-electron chi connectivity index (χ0n) is 16.8. The summed E-state index contributed by atoms with van der Waals surface area (Å²) in [6.07, 6.45) is -4.81. The van der Waals surface area contributed by atoms with E-state index in [0.29, 0.717) is 43.4 Å².